The van der Waals surface area contributed by atoms with Gasteiger partial charge in [0.05, 0.1) is 23.0 Å². The van der Waals surface area contributed by atoms with Gasteiger partial charge in [-0.2, -0.15) is 8.42 Å². The molecule has 0 amide bonds. The van der Waals surface area contributed by atoms with E-state index in [0.717, 1.165) is 24.3 Å². The Morgan fingerprint density at radius 3 is 2.00 bits per heavy atom. The minimum Gasteiger partial charge on any atom is -0.307 e. The maximum atomic E-state index is 13.2. The number of nitrogens with zero attached hydrogens (tertiary/aromatic N) is 1. The third kappa shape index (κ3) is 5.24. The fourth-order valence-corrected chi connectivity index (χ4v) is 5.65. The maximum Gasteiger partial charge on any atom is 0.365 e. The van der Waals surface area contributed by atoms with E-state index in [-0.39, 0.29) is 23.8 Å². The van der Waals surface area contributed by atoms with Gasteiger partial charge in [0.15, 0.2) is 0 Å². The SMILES string of the molecule is CCOP(=O)(OCC)C(OS(=O)(=O)c1ccc([N+](=O)[O-])cc1)c1ccccc1. The van der Waals surface area contributed by atoms with Crippen molar-refractivity contribution in [3.8, 4) is 0 Å². The van der Waals surface area contributed by atoms with Crippen LogP contribution in [0.25, 0.3) is 0 Å². The standard InChI is InChI=1S/C17H20NO8PS/c1-3-24-27(21,25-4-2)17(14-8-6-5-7-9-14)26-28(22,23)16-12-10-15(11-13-16)18(19)20/h5-13,17H,3-4H2,1-2H3. The molecule has 0 aliphatic carbocycles. The summed E-state index contributed by atoms with van der Waals surface area (Å²) < 4.78 is 54.5. The molecule has 0 bridgehead atoms. The minimum absolute atomic E-state index is 0.0154. The van der Waals surface area contributed by atoms with E-state index in [4.69, 9.17) is 13.2 Å². The highest BCUT2D eigenvalue weighted by atomic mass is 32.2. The first kappa shape index (κ1) is 22.2. The van der Waals surface area contributed by atoms with Gasteiger partial charge in [-0.25, -0.2) is 4.18 Å². The van der Waals surface area contributed by atoms with E-state index in [1.807, 2.05) is 0 Å². The van der Waals surface area contributed by atoms with Crippen LogP contribution in [0.5, 0.6) is 0 Å². The summed E-state index contributed by atoms with van der Waals surface area (Å²) in [7, 11) is -8.43. The number of hydrogen-bond acceptors (Lipinski definition) is 8. The molecule has 2 rings (SSSR count). The van der Waals surface area contributed by atoms with Gasteiger partial charge in [0.25, 0.3) is 15.8 Å². The molecule has 9 nitrogen and oxygen atoms in total. The van der Waals surface area contributed by atoms with Gasteiger partial charge in [0.2, 0.25) is 5.85 Å². The first-order chi connectivity index (χ1) is 13.2. The second-order valence-electron chi connectivity index (χ2n) is 5.44. The van der Waals surface area contributed by atoms with Crippen LogP contribution in [0.3, 0.4) is 0 Å². The molecule has 0 heterocycles. The van der Waals surface area contributed by atoms with Crippen LogP contribution in [0.2, 0.25) is 0 Å². The smallest absolute Gasteiger partial charge is 0.307 e. The molecule has 2 aromatic carbocycles. The first-order valence-electron chi connectivity index (χ1n) is 8.35. The van der Waals surface area contributed by atoms with E-state index >= 15 is 0 Å². The van der Waals surface area contributed by atoms with Crippen molar-refractivity contribution in [1.29, 1.82) is 0 Å². The fraction of sp³-hybridized carbons (Fsp3) is 0.294. The highest BCUT2D eigenvalue weighted by molar-refractivity contribution is 7.87. The zero-order chi connectivity index (χ0) is 20.8. The van der Waals surface area contributed by atoms with Crippen LogP contribution in [-0.4, -0.2) is 26.6 Å². The van der Waals surface area contributed by atoms with Crippen molar-refractivity contribution in [3.05, 3.63) is 70.3 Å². The Morgan fingerprint density at radius 2 is 1.54 bits per heavy atom. The Kier molecular flexibility index (Phi) is 7.45. The molecule has 0 fully saturated rings. The Bertz CT molecular complexity index is 937. The lowest BCUT2D eigenvalue weighted by Gasteiger charge is -2.26. The first-order valence-corrected chi connectivity index (χ1v) is 11.4. The average molecular weight is 429 g/mol. The van der Waals surface area contributed by atoms with Gasteiger partial charge in [-0.15, -0.1) is 0 Å². The van der Waals surface area contributed by atoms with E-state index in [2.05, 4.69) is 0 Å². The van der Waals surface area contributed by atoms with E-state index in [9.17, 15) is 23.1 Å². The minimum atomic E-state index is -4.42. The number of rotatable bonds is 10. The largest absolute Gasteiger partial charge is 0.365 e. The monoisotopic (exact) mass is 429 g/mol. The van der Waals surface area contributed by atoms with Crippen molar-refractivity contribution in [2.75, 3.05) is 13.2 Å². The molecule has 2 aromatic rings. The third-order valence-corrected chi connectivity index (χ3v) is 7.20. The molecule has 0 N–H and O–H groups in total. The average Bonchev–Trinajstić information content (AvgIpc) is 2.67. The molecule has 11 heteroatoms. The van der Waals surface area contributed by atoms with Crippen LogP contribution in [0.1, 0.15) is 25.3 Å². The van der Waals surface area contributed by atoms with Crippen molar-refractivity contribution in [2.24, 2.45) is 0 Å². The zero-order valence-electron chi connectivity index (χ0n) is 15.3. The summed E-state index contributed by atoms with van der Waals surface area (Å²) in [6.45, 7) is 3.22. The second-order valence-corrected chi connectivity index (χ2v) is 9.08. The summed E-state index contributed by atoms with van der Waals surface area (Å²) >= 11 is 0. The summed E-state index contributed by atoms with van der Waals surface area (Å²) in [5.41, 5.74) is 0.0195. The maximum absolute atomic E-state index is 13.2. The van der Waals surface area contributed by atoms with E-state index in [1.165, 1.54) is 0 Å². The van der Waals surface area contributed by atoms with Crippen molar-refractivity contribution in [2.45, 2.75) is 24.6 Å². The van der Waals surface area contributed by atoms with Gasteiger partial charge in [-0.1, -0.05) is 30.3 Å². The van der Waals surface area contributed by atoms with E-state index in [1.54, 1.807) is 44.2 Å². The lowest BCUT2D eigenvalue weighted by atomic mass is 10.2. The molecule has 0 aliphatic rings. The summed E-state index contributed by atoms with van der Waals surface area (Å²) in [6.07, 6.45) is 0. The molecule has 152 valence electrons. The van der Waals surface area contributed by atoms with Gasteiger partial charge < -0.3 is 9.05 Å². The predicted molar refractivity (Wildman–Crippen MR) is 101 cm³/mol. The van der Waals surface area contributed by atoms with Crippen molar-refractivity contribution < 1.29 is 31.1 Å². The molecular weight excluding hydrogens is 409 g/mol. The molecule has 1 unspecified atom stereocenters. The molecule has 0 aromatic heterocycles. The van der Waals surface area contributed by atoms with Gasteiger partial charge in [0.1, 0.15) is 0 Å². The number of benzene rings is 2. The van der Waals surface area contributed by atoms with Gasteiger partial charge in [0, 0.05) is 12.1 Å². The summed E-state index contributed by atoms with van der Waals surface area (Å²) in [6, 6.07) is 12.2. The molecule has 0 saturated heterocycles. The van der Waals surface area contributed by atoms with Crippen LogP contribution in [0.4, 0.5) is 5.69 Å². The fourth-order valence-electron chi connectivity index (χ4n) is 2.35. The van der Waals surface area contributed by atoms with Crippen molar-refractivity contribution in [3.63, 3.8) is 0 Å². The lowest BCUT2D eigenvalue weighted by Crippen LogP contribution is -2.16. The van der Waals surface area contributed by atoms with Crippen LogP contribution in [0, 0.1) is 10.1 Å². The molecular formula is C17H20NO8PS. The van der Waals surface area contributed by atoms with Crippen molar-refractivity contribution in [1.82, 2.24) is 0 Å². The normalized spacial score (nSPS) is 13.2. The molecule has 1 atom stereocenters. The van der Waals surface area contributed by atoms with Crippen LogP contribution in [0.15, 0.2) is 59.5 Å². The number of non-ortho nitro benzene ring substituents is 1. The van der Waals surface area contributed by atoms with Gasteiger partial charge >= 0.3 is 7.60 Å². The number of hydrogen-bond donors (Lipinski definition) is 0. The predicted octanol–water partition coefficient (Wildman–Crippen LogP) is 4.27. The number of nitro benzene ring substituents is 1. The zero-order valence-corrected chi connectivity index (χ0v) is 17.0. The van der Waals surface area contributed by atoms with Crippen LogP contribution >= 0.6 is 7.60 Å². The molecule has 0 radical (unpaired) electrons. The Balaban J connectivity index is 2.46. The summed E-state index contributed by atoms with van der Waals surface area (Å²) in [5, 5.41) is 10.8. The number of nitro groups is 1. The highest BCUT2D eigenvalue weighted by Crippen LogP contribution is 2.62. The summed E-state index contributed by atoms with van der Waals surface area (Å²) in [5.74, 6) is -1.53. The lowest BCUT2D eigenvalue weighted by molar-refractivity contribution is -0.384. The van der Waals surface area contributed by atoms with E-state index < -0.39 is 28.5 Å². The second kappa shape index (κ2) is 9.40. The Hall–Kier alpha value is -2.10. The molecule has 0 aliphatic heterocycles. The third-order valence-electron chi connectivity index (χ3n) is 3.54. The molecule has 28 heavy (non-hydrogen) atoms. The van der Waals surface area contributed by atoms with Gasteiger partial charge in [-0.05, 0) is 31.5 Å². The topological polar surface area (TPSA) is 122 Å². The summed E-state index contributed by atoms with van der Waals surface area (Å²) in [4.78, 5) is 9.78. The quantitative estimate of drug-likeness (QED) is 0.238. The highest BCUT2D eigenvalue weighted by Gasteiger charge is 2.41. The van der Waals surface area contributed by atoms with Crippen LogP contribution in [-0.2, 0) is 27.9 Å². The Morgan fingerprint density at radius 1 is 1.00 bits per heavy atom. The van der Waals surface area contributed by atoms with Crippen molar-refractivity contribution >= 4 is 23.4 Å². The van der Waals surface area contributed by atoms with E-state index in [0.29, 0.717) is 5.56 Å². The van der Waals surface area contributed by atoms with Gasteiger partial charge in [-0.3, -0.25) is 14.7 Å². The van der Waals surface area contributed by atoms with Crippen LogP contribution < -0.4 is 0 Å². The molecule has 0 spiro atoms. The Labute approximate surface area is 163 Å². The molecule has 0 saturated carbocycles.